The summed E-state index contributed by atoms with van der Waals surface area (Å²) in [6.45, 7) is 6.89. The number of esters is 1. The summed E-state index contributed by atoms with van der Waals surface area (Å²) < 4.78 is 12.7. The van der Waals surface area contributed by atoms with E-state index in [1.165, 1.54) is 0 Å². The number of morpholine rings is 1. The summed E-state index contributed by atoms with van der Waals surface area (Å²) >= 11 is 0. The molecule has 8 nitrogen and oxygen atoms in total. The van der Waals surface area contributed by atoms with Gasteiger partial charge in [0.05, 0.1) is 42.0 Å². The average Bonchev–Trinajstić information content (AvgIpc) is 3.16. The quantitative estimate of drug-likeness (QED) is 0.584. The van der Waals surface area contributed by atoms with Crippen molar-refractivity contribution < 1.29 is 24.2 Å². The first kappa shape index (κ1) is 21.0. The van der Waals surface area contributed by atoms with Gasteiger partial charge in [-0.25, -0.2) is 14.6 Å². The highest BCUT2D eigenvalue weighted by Crippen LogP contribution is 2.26. The van der Waals surface area contributed by atoms with Gasteiger partial charge in [-0.2, -0.15) is 0 Å². The van der Waals surface area contributed by atoms with Crippen LogP contribution >= 0.6 is 0 Å². The normalized spacial score (nSPS) is 14.6. The smallest absolute Gasteiger partial charge is 0.338 e. The highest BCUT2D eigenvalue weighted by atomic mass is 16.5. The number of aromatic carboxylic acids is 1. The number of fused-ring (bicyclic) bond motifs is 1. The van der Waals surface area contributed by atoms with Crippen LogP contribution in [0.5, 0.6) is 0 Å². The van der Waals surface area contributed by atoms with Crippen molar-refractivity contribution >= 4 is 23.0 Å². The lowest BCUT2D eigenvalue weighted by atomic mass is 10.1. The average molecular weight is 423 g/mol. The molecule has 31 heavy (non-hydrogen) atoms. The third kappa shape index (κ3) is 4.60. The van der Waals surface area contributed by atoms with Crippen LogP contribution in [0.15, 0.2) is 42.5 Å². The fourth-order valence-electron chi connectivity index (χ4n) is 3.75. The Morgan fingerprint density at radius 2 is 1.77 bits per heavy atom. The molecular weight excluding hydrogens is 398 g/mol. The van der Waals surface area contributed by atoms with Gasteiger partial charge in [0.1, 0.15) is 5.82 Å². The lowest BCUT2D eigenvalue weighted by Gasteiger charge is -2.27. The fourth-order valence-corrected chi connectivity index (χ4v) is 3.75. The minimum atomic E-state index is -0.966. The summed E-state index contributed by atoms with van der Waals surface area (Å²) in [5.74, 6) is -0.604. The summed E-state index contributed by atoms with van der Waals surface area (Å²) in [5, 5.41) is 9.19. The first-order valence-electron chi connectivity index (χ1n) is 10.4. The fraction of sp³-hybridized carbons (Fsp3) is 0.348. The molecule has 1 fully saturated rings. The molecule has 0 radical (unpaired) electrons. The summed E-state index contributed by atoms with van der Waals surface area (Å²) in [6, 6.07) is 12.1. The van der Waals surface area contributed by atoms with Crippen molar-refractivity contribution in [2.75, 3.05) is 39.5 Å². The van der Waals surface area contributed by atoms with Gasteiger partial charge in [-0.3, -0.25) is 4.90 Å². The van der Waals surface area contributed by atoms with Crippen LogP contribution < -0.4 is 0 Å². The molecule has 2 aromatic carbocycles. The van der Waals surface area contributed by atoms with Gasteiger partial charge in [-0.1, -0.05) is 12.1 Å². The van der Waals surface area contributed by atoms with E-state index in [0.29, 0.717) is 24.2 Å². The number of carbonyl (C=O) groups excluding carboxylic acids is 1. The number of imidazole rings is 1. The van der Waals surface area contributed by atoms with Crippen LogP contribution in [0.1, 0.15) is 27.6 Å². The first-order valence-corrected chi connectivity index (χ1v) is 10.4. The second-order valence-electron chi connectivity index (χ2n) is 7.35. The maximum absolute atomic E-state index is 12.2. The minimum Gasteiger partial charge on any atom is -0.478 e. The van der Waals surface area contributed by atoms with Crippen LogP contribution in [0.4, 0.5) is 0 Å². The molecule has 1 aliphatic heterocycles. The zero-order valence-corrected chi connectivity index (χ0v) is 17.4. The molecule has 8 heteroatoms. The van der Waals surface area contributed by atoms with E-state index in [4.69, 9.17) is 14.5 Å². The van der Waals surface area contributed by atoms with Gasteiger partial charge < -0.3 is 19.1 Å². The Kier molecular flexibility index (Phi) is 6.29. The largest absolute Gasteiger partial charge is 0.478 e. The summed E-state index contributed by atoms with van der Waals surface area (Å²) in [4.78, 5) is 30.5. The van der Waals surface area contributed by atoms with E-state index in [1.807, 2.05) is 6.07 Å². The van der Waals surface area contributed by atoms with Crippen molar-refractivity contribution in [2.24, 2.45) is 0 Å². The Balaban J connectivity index is 1.71. The molecule has 2 heterocycles. The lowest BCUT2D eigenvalue weighted by Crippen LogP contribution is -2.38. The predicted octanol–water partition coefficient (Wildman–Crippen LogP) is 2.91. The van der Waals surface area contributed by atoms with Crippen LogP contribution in [0.25, 0.3) is 22.4 Å². The summed E-state index contributed by atoms with van der Waals surface area (Å²) in [7, 11) is 0. The highest BCUT2D eigenvalue weighted by molar-refractivity contribution is 5.94. The Hall–Kier alpha value is -3.23. The van der Waals surface area contributed by atoms with Gasteiger partial charge in [0.2, 0.25) is 0 Å². The number of hydrogen-bond acceptors (Lipinski definition) is 6. The molecule has 0 amide bonds. The molecule has 0 saturated carbocycles. The molecule has 0 unspecified atom stereocenters. The molecule has 162 valence electrons. The Bertz CT molecular complexity index is 1080. The van der Waals surface area contributed by atoms with Crippen LogP contribution in [0.3, 0.4) is 0 Å². The number of nitrogens with zero attached hydrogens (tertiary/aromatic N) is 3. The predicted molar refractivity (Wildman–Crippen MR) is 115 cm³/mol. The van der Waals surface area contributed by atoms with E-state index in [-0.39, 0.29) is 11.5 Å². The van der Waals surface area contributed by atoms with Crippen molar-refractivity contribution in [3.05, 3.63) is 53.6 Å². The van der Waals surface area contributed by atoms with Crippen LogP contribution in [-0.2, 0) is 16.0 Å². The molecule has 1 aromatic heterocycles. The van der Waals surface area contributed by atoms with Gasteiger partial charge in [0, 0.05) is 31.7 Å². The maximum atomic E-state index is 12.2. The maximum Gasteiger partial charge on any atom is 0.338 e. The third-order valence-electron chi connectivity index (χ3n) is 5.39. The standard InChI is InChI=1S/C23H25N3O5/c1-2-31-23(29)18-7-8-20-19(15-18)24-21(16-3-5-17(6-4-16)22(27)28)26(20)10-9-25-11-13-30-14-12-25/h3-8,15H,2,9-14H2,1H3,(H,27,28). The van der Waals surface area contributed by atoms with E-state index >= 15 is 0 Å². The van der Waals surface area contributed by atoms with E-state index in [0.717, 1.165) is 49.8 Å². The molecular formula is C23H25N3O5. The molecule has 1 aliphatic rings. The lowest BCUT2D eigenvalue weighted by molar-refractivity contribution is 0.0366. The summed E-state index contributed by atoms with van der Waals surface area (Å²) in [5.41, 5.74) is 3.12. The van der Waals surface area contributed by atoms with Crippen molar-refractivity contribution in [2.45, 2.75) is 13.5 Å². The van der Waals surface area contributed by atoms with Crippen LogP contribution in [0, 0.1) is 0 Å². The zero-order chi connectivity index (χ0) is 21.8. The van der Waals surface area contributed by atoms with Crippen molar-refractivity contribution in [1.82, 2.24) is 14.5 Å². The van der Waals surface area contributed by atoms with E-state index in [2.05, 4.69) is 9.47 Å². The molecule has 4 rings (SSSR count). The molecule has 3 aromatic rings. The topological polar surface area (TPSA) is 93.9 Å². The van der Waals surface area contributed by atoms with Crippen LogP contribution in [-0.4, -0.2) is 71.0 Å². The molecule has 0 spiro atoms. The van der Waals surface area contributed by atoms with Crippen molar-refractivity contribution in [1.29, 1.82) is 0 Å². The van der Waals surface area contributed by atoms with E-state index < -0.39 is 5.97 Å². The van der Waals surface area contributed by atoms with Crippen molar-refractivity contribution in [3.63, 3.8) is 0 Å². The van der Waals surface area contributed by atoms with E-state index in [1.54, 1.807) is 43.3 Å². The number of aromatic nitrogens is 2. The van der Waals surface area contributed by atoms with E-state index in [9.17, 15) is 14.7 Å². The van der Waals surface area contributed by atoms with Crippen molar-refractivity contribution in [3.8, 4) is 11.4 Å². The Morgan fingerprint density at radius 1 is 1.06 bits per heavy atom. The number of carboxylic acids is 1. The first-order chi connectivity index (χ1) is 15.1. The van der Waals surface area contributed by atoms with Gasteiger partial charge in [0.15, 0.2) is 0 Å². The number of carboxylic acid groups (broad SMARTS) is 1. The molecule has 1 saturated heterocycles. The third-order valence-corrected chi connectivity index (χ3v) is 5.39. The van der Waals surface area contributed by atoms with Gasteiger partial charge in [-0.15, -0.1) is 0 Å². The summed E-state index contributed by atoms with van der Waals surface area (Å²) in [6.07, 6.45) is 0. The van der Waals surface area contributed by atoms with Gasteiger partial charge in [-0.05, 0) is 37.3 Å². The minimum absolute atomic E-state index is 0.226. The van der Waals surface area contributed by atoms with Gasteiger partial charge >= 0.3 is 11.9 Å². The molecule has 0 bridgehead atoms. The number of hydrogen-bond donors (Lipinski definition) is 1. The molecule has 1 N–H and O–H groups in total. The Morgan fingerprint density at radius 3 is 2.45 bits per heavy atom. The second kappa shape index (κ2) is 9.28. The number of ether oxygens (including phenoxy) is 2. The SMILES string of the molecule is CCOC(=O)c1ccc2c(c1)nc(-c1ccc(C(=O)O)cc1)n2CCN1CCOCC1. The molecule has 0 atom stereocenters. The van der Waals surface area contributed by atoms with Crippen LogP contribution in [0.2, 0.25) is 0 Å². The Labute approximate surface area is 180 Å². The number of rotatable bonds is 7. The highest BCUT2D eigenvalue weighted by Gasteiger charge is 2.18. The van der Waals surface area contributed by atoms with Gasteiger partial charge in [0.25, 0.3) is 0 Å². The zero-order valence-electron chi connectivity index (χ0n) is 17.4. The number of carbonyl (C=O) groups is 2. The monoisotopic (exact) mass is 423 g/mol. The molecule has 0 aliphatic carbocycles. The number of benzene rings is 2. The second-order valence-corrected chi connectivity index (χ2v) is 7.35.